The lowest BCUT2D eigenvalue weighted by Crippen LogP contribution is -2.42. The molecule has 6 unspecified atom stereocenters. The van der Waals surface area contributed by atoms with Crippen molar-refractivity contribution in [3.8, 4) is 0 Å². The van der Waals surface area contributed by atoms with Crippen LogP contribution in [-0.4, -0.2) is 79.8 Å². The van der Waals surface area contributed by atoms with E-state index in [1.807, 2.05) is 46.7 Å². The van der Waals surface area contributed by atoms with Crippen molar-refractivity contribution >= 4 is 73.2 Å². The highest BCUT2D eigenvalue weighted by molar-refractivity contribution is 14.2. The van der Waals surface area contributed by atoms with E-state index in [0.29, 0.717) is 16.9 Å². The molecule has 8 nitrogen and oxygen atoms in total. The number of hydrogen-bond acceptors (Lipinski definition) is 6. The van der Waals surface area contributed by atoms with Gasteiger partial charge in [-0.2, -0.15) is 0 Å². The fourth-order valence-electron chi connectivity index (χ4n) is 3.57. The quantitative estimate of drug-likeness (QED) is 0.259. The molecule has 0 spiro atoms. The summed E-state index contributed by atoms with van der Waals surface area (Å²) in [6.45, 7) is 13.0. The molecule has 2 amide bonds. The largest absolute Gasteiger partial charge is 0.368 e. The van der Waals surface area contributed by atoms with Crippen LogP contribution in [0.2, 0.25) is 0 Å². The number of amides is 2. The maximum absolute atomic E-state index is 11.7. The van der Waals surface area contributed by atoms with Crippen LogP contribution >= 0.6 is 49.4 Å². The number of carbonyl (C=O) groups is 2. The molecule has 2 N–H and O–H groups in total. The number of hydrogen-bond donors (Lipinski definition) is 2. The van der Waals surface area contributed by atoms with E-state index in [2.05, 4.69) is 40.4 Å². The topological polar surface area (TPSA) is 98.8 Å². The van der Waals surface area contributed by atoms with E-state index >= 15 is 0 Å². The van der Waals surface area contributed by atoms with Crippen LogP contribution in [-0.2, 0) is 16.6 Å². The zero-order chi connectivity index (χ0) is 28.0. The predicted molar refractivity (Wildman–Crippen MR) is 161 cm³/mol. The number of nitrogens with zero attached hydrogens (tertiary/aromatic N) is 2. The van der Waals surface area contributed by atoms with Gasteiger partial charge in [0.05, 0.1) is 37.1 Å². The fourth-order valence-corrected chi connectivity index (χ4v) is 5.55. The van der Waals surface area contributed by atoms with Gasteiger partial charge in [-0.15, -0.1) is 0 Å². The normalized spacial score (nSPS) is 29.1. The van der Waals surface area contributed by atoms with Gasteiger partial charge in [0.15, 0.2) is 0 Å². The first-order chi connectivity index (χ1) is 16.5. The van der Waals surface area contributed by atoms with Crippen LogP contribution in [0.15, 0.2) is 33.6 Å². The van der Waals surface area contributed by atoms with Crippen molar-refractivity contribution in [1.29, 1.82) is 0 Å². The molecule has 36 heavy (non-hydrogen) atoms. The zero-order valence-corrected chi connectivity index (χ0v) is 27.5. The summed E-state index contributed by atoms with van der Waals surface area (Å²) < 4.78 is 22.7. The molecule has 2 heterocycles. The van der Waals surface area contributed by atoms with E-state index in [-0.39, 0.29) is 35.9 Å². The van der Waals surface area contributed by atoms with Crippen molar-refractivity contribution in [3.05, 3.63) is 28.7 Å². The molecule has 0 aliphatic carbocycles. The summed E-state index contributed by atoms with van der Waals surface area (Å²) in [5.74, 6) is 1.07. The van der Waals surface area contributed by atoms with Crippen LogP contribution in [0.25, 0.3) is 0 Å². The number of carbonyl (C=O) groups excluding carboxylic acids is 2. The average Bonchev–Trinajstić information content (AvgIpc) is 2.94. The maximum Gasteiger partial charge on any atom is 0.244 e. The molecule has 0 bridgehead atoms. The van der Waals surface area contributed by atoms with E-state index in [1.54, 1.807) is 29.2 Å². The Labute approximate surface area is 242 Å². The van der Waals surface area contributed by atoms with Crippen molar-refractivity contribution in [3.63, 3.8) is 0 Å². The number of nitrogens with one attached hydrogen (secondary N) is 2. The third kappa shape index (κ3) is 9.48. The standard InChI is InChI=1S/C9H16N2OS.C9H18N2O.C6H4BrIO2S/c1-5-7(3)11(4)9(12)6(2)10-8(5)13;1-6-5-10-7(2)9(12)11(4)8(6)3;7-5-1-3-6(4-2-5)11(8,9)10/h5-7H,1-4H3,(H,10,13);6-8,10H,5H2,1-4H3;1-4H. The van der Waals surface area contributed by atoms with Crippen LogP contribution < -0.4 is 10.6 Å². The lowest BCUT2D eigenvalue weighted by molar-refractivity contribution is -0.133. The van der Waals surface area contributed by atoms with Crippen molar-refractivity contribution < 1.29 is 18.0 Å². The molecular formula is C24H38BrIN4O4S2. The van der Waals surface area contributed by atoms with Crippen LogP contribution in [0.3, 0.4) is 0 Å². The van der Waals surface area contributed by atoms with Gasteiger partial charge in [0.25, 0.3) is 0 Å². The van der Waals surface area contributed by atoms with Gasteiger partial charge in [-0.1, -0.05) is 42.0 Å². The Morgan fingerprint density at radius 3 is 1.89 bits per heavy atom. The number of halogens is 2. The number of thiocarbonyl (C=S) groups is 1. The Balaban J connectivity index is 0.000000271. The minimum absolute atomic E-state index is 0.0256. The second kappa shape index (κ2) is 14.4. The van der Waals surface area contributed by atoms with Crippen molar-refractivity contribution in [2.24, 2.45) is 11.8 Å². The number of rotatable bonds is 1. The molecule has 204 valence electrons. The summed E-state index contributed by atoms with van der Waals surface area (Å²) in [6, 6.07) is 6.83. The summed E-state index contributed by atoms with van der Waals surface area (Å²) in [7, 11) is 0.641. The van der Waals surface area contributed by atoms with E-state index in [9.17, 15) is 18.0 Å². The fraction of sp³-hybridized carbons (Fsp3) is 0.625. The van der Waals surface area contributed by atoms with Crippen molar-refractivity contribution in [2.75, 3.05) is 20.6 Å². The molecule has 12 heteroatoms. The van der Waals surface area contributed by atoms with Crippen LogP contribution in [0, 0.1) is 11.8 Å². The zero-order valence-electron chi connectivity index (χ0n) is 22.1. The second-order valence-corrected chi connectivity index (χ2v) is 15.6. The lowest BCUT2D eigenvalue weighted by Gasteiger charge is -2.26. The molecule has 3 rings (SSSR count). The molecule has 2 fully saturated rings. The third-order valence-electron chi connectivity index (χ3n) is 6.82. The average molecular weight is 718 g/mol. The maximum atomic E-state index is 11.7. The highest BCUT2D eigenvalue weighted by Crippen LogP contribution is 2.19. The number of likely N-dealkylation sites (N-methyl/N-ethyl adjacent to an activating group) is 2. The Hall–Kier alpha value is -0.830. The number of benzene rings is 1. The minimum atomic E-state index is -3.07. The minimum Gasteiger partial charge on any atom is -0.368 e. The van der Waals surface area contributed by atoms with Gasteiger partial charge in [-0.25, -0.2) is 8.42 Å². The van der Waals surface area contributed by atoms with Crippen LogP contribution in [0.4, 0.5) is 0 Å². The lowest BCUT2D eigenvalue weighted by atomic mass is 10.0. The van der Waals surface area contributed by atoms with Crippen molar-refractivity contribution in [2.45, 2.75) is 70.6 Å². The third-order valence-corrected chi connectivity index (χ3v) is 10.2. The second-order valence-electron chi connectivity index (χ2n) is 9.40. The van der Waals surface area contributed by atoms with Crippen molar-refractivity contribution in [1.82, 2.24) is 20.4 Å². The SMILES string of the molecule is CC1NC(=S)C(C)C(C)N(C)C1=O.CC1NCC(C)C(C)N(C)C1=O.O=S(=O)(I)c1ccc(Br)cc1. The van der Waals surface area contributed by atoms with Crippen LogP contribution in [0.5, 0.6) is 0 Å². The van der Waals surface area contributed by atoms with E-state index in [0.717, 1.165) is 16.0 Å². The predicted octanol–water partition coefficient (Wildman–Crippen LogP) is 3.82. The molecule has 2 aliphatic heterocycles. The molecular weight excluding hydrogens is 679 g/mol. The Morgan fingerprint density at radius 1 is 0.917 bits per heavy atom. The molecule has 0 saturated carbocycles. The molecule has 2 saturated heterocycles. The Morgan fingerprint density at radius 2 is 1.39 bits per heavy atom. The van der Waals surface area contributed by atoms with Gasteiger partial charge in [0.2, 0.25) is 18.8 Å². The van der Waals surface area contributed by atoms with Gasteiger partial charge in [-0.3, -0.25) is 9.59 Å². The van der Waals surface area contributed by atoms with Gasteiger partial charge in [0, 0.05) is 43.1 Å². The summed E-state index contributed by atoms with van der Waals surface area (Å²) >= 11 is 9.81. The van der Waals surface area contributed by atoms with E-state index in [4.69, 9.17) is 12.2 Å². The summed E-state index contributed by atoms with van der Waals surface area (Å²) in [4.78, 5) is 27.9. The first-order valence-electron chi connectivity index (χ1n) is 11.8. The molecule has 0 radical (unpaired) electrons. The van der Waals surface area contributed by atoms with E-state index < -0.39 is 7.01 Å². The molecule has 0 aromatic heterocycles. The first-order valence-corrected chi connectivity index (χ1v) is 17.0. The molecule has 1 aromatic carbocycles. The Kier molecular flexibility index (Phi) is 13.2. The summed E-state index contributed by atoms with van der Waals surface area (Å²) in [6.07, 6.45) is 0. The van der Waals surface area contributed by atoms with Gasteiger partial charge < -0.3 is 20.4 Å². The Bertz CT molecular complexity index is 1030. The smallest absolute Gasteiger partial charge is 0.244 e. The van der Waals surface area contributed by atoms with Crippen LogP contribution in [0.1, 0.15) is 41.5 Å². The van der Waals surface area contributed by atoms with Gasteiger partial charge in [-0.05, 0) is 57.9 Å². The summed E-state index contributed by atoms with van der Waals surface area (Å²) in [5.41, 5.74) is 0. The molecule has 2 aliphatic rings. The summed E-state index contributed by atoms with van der Waals surface area (Å²) in [5, 5.41) is 6.26. The van der Waals surface area contributed by atoms with Gasteiger partial charge >= 0.3 is 0 Å². The monoisotopic (exact) mass is 716 g/mol. The van der Waals surface area contributed by atoms with E-state index in [1.165, 1.54) is 21.2 Å². The van der Waals surface area contributed by atoms with Gasteiger partial charge in [0.1, 0.15) is 6.04 Å². The molecule has 6 atom stereocenters. The highest BCUT2D eigenvalue weighted by Gasteiger charge is 2.32. The first kappa shape index (κ1) is 33.2. The molecule has 1 aromatic rings. The highest BCUT2D eigenvalue weighted by atomic mass is 127.